The quantitative estimate of drug-likeness (QED) is 0.305. The van der Waals surface area contributed by atoms with Crippen LogP contribution < -0.4 is 5.32 Å². The number of carbonyl (C=O) groups excluding carboxylic acids is 3. The Balaban J connectivity index is 1.68. The van der Waals surface area contributed by atoms with E-state index in [-0.39, 0.29) is 16.9 Å². The van der Waals surface area contributed by atoms with Gasteiger partial charge in [0.05, 0.1) is 5.56 Å². The van der Waals surface area contributed by atoms with Crippen LogP contribution in [0.3, 0.4) is 0 Å². The van der Waals surface area contributed by atoms with Crippen LogP contribution in [-0.4, -0.2) is 24.3 Å². The maximum Gasteiger partial charge on any atom is 0.339 e. The lowest BCUT2D eigenvalue weighted by Gasteiger charge is -2.11. The molecule has 0 heterocycles. The number of anilines is 1. The highest BCUT2D eigenvalue weighted by molar-refractivity contribution is 14.1. The van der Waals surface area contributed by atoms with Crippen molar-refractivity contribution in [3.05, 3.63) is 98.6 Å². The summed E-state index contributed by atoms with van der Waals surface area (Å²) in [5.74, 6) is -1.45. The van der Waals surface area contributed by atoms with E-state index in [9.17, 15) is 14.4 Å². The molecule has 3 aromatic rings. The molecular formula is C23H18INO4. The van der Waals surface area contributed by atoms with E-state index < -0.39 is 18.5 Å². The molecule has 0 unspecified atom stereocenters. The number of hydrogen-bond donors (Lipinski definition) is 1. The average Bonchev–Trinajstić information content (AvgIpc) is 2.74. The van der Waals surface area contributed by atoms with Crippen LogP contribution in [0.4, 0.5) is 5.69 Å². The van der Waals surface area contributed by atoms with Crippen molar-refractivity contribution in [2.45, 2.75) is 6.92 Å². The first-order valence-corrected chi connectivity index (χ1v) is 9.95. The van der Waals surface area contributed by atoms with E-state index >= 15 is 0 Å². The molecule has 0 fully saturated rings. The molecule has 0 saturated carbocycles. The van der Waals surface area contributed by atoms with Gasteiger partial charge in [0.25, 0.3) is 5.91 Å². The lowest BCUT2D eigenvalue weighted by atomic mass is 9.98. The minimum Gasteiger partial charge on any atom is -0.452 e. The SMILES string of the molecule is Cc1cc(I)ccc1NC(=O)COC(=O)c1ccccc1C(=O)c1ccccc1. The van der Waals surface area contributed by atoms with E-state index in [1.54, 1.807) is 48.5 Å². The summed E-state index contributed by atoms with van der Waals surface area (Å²) < 4.78 is 6.21. The van der Waals surface area contributed by atoms with Crippen molar-refractivity contribution in [1.29, 1.82) is 0 Å². The maximum atomic E-state index is 12.7. The first-order chi connectivity index (χ1) is 14.0. The number of ether oxygens (including phenoxy) is 1. The van der Waals surface area contributed by atoms with Gasteiger partial charge < -0.3 is 10.1 Å². The highest BCUT2D eigenvalue weighted by Gasteiger charge is 2.19. The third kappa shape index (κ3) is 5.29. The monoisotopic (exact) mass is 499 g/mol. The molecule has 146 valence electrons. The van der Waals surface area contributed by atoms with Crippen molar-refractivity contribution in [1.82, 2.24) is 0 Å². The molecule has 0 radical (unpaired) electrons. The molecule has 0 aliphatic rings. The Morgan fingerprint density at radius 1 is 0.897 bits per heavy atom. The first kappa shape index (κ1) is 20.7. The number of amides is 1. The second kappa shape index (κ2) is 9.47. The Bertz CT molecular complexity index is 1060. The molecule has 3 rings (SSSR count). The van der Waals surface area contributed by atoms with Crippen LogP contribution in [0.15, 0.2) is 72.8 Å². The van der Waals surface area contributed by atoms with Gasteiger partial charge in [0.1, 0.15) is 0 Å². The van der Waals surface area contributed by atoms with Crippen molar-refractivity contribution in [3.63, 3.8) is 0 Å². The fourth-order valence-corrected chi connectivity index (χ4v) is 3.41. The Morgan fingerprint density at radius 3 is 2.24 bits per heavy atom. The molecule has 0 aliphatic carbocycles. The minimum atomic E-state index is -0.723. The number of hydrogen-bond acceptors (Lipinski definition) is 4. The van der Waals surface area contributed by atoms with Crippen molar-refractivity contribution in [2.24, 2.45) is 0 Å². The van der Waals surface area contributed by atoms with Gasteiger partial charge in [0.2, 0.25) is 0 Å². The van der Waals surface area contributed by atoms with Crippen molar-refractivity contribution in [3.8, 4) is 0 Å². The third-order valence-corrected chi connectivity index (χ3v) is 4.90. The molecule has 6 heteroatoms. The summed E-state index contributed by atoms with van der Waals surface area (Å²) in [6.45, 7) is 1.44. The van der Waals surface area contributed by atoms with Crippen molar-refractivity contribution >= 4 is 45.9 Å². The predicted molar refractivity (Wildman–Crippen MR) is 119 cm³/mol. The zero-order chi connectivity index (χ0) is 20.8. The number of halogens is 1. The fourth-order valence-electron chi connectivity index (χ4n) is 2.77. The molecular weight excluding hydrogens is 481 g/mol. The molecule has 0 saturated heterocycles. The summed E-state index contributed by atoms with van der Waals surface area (Å²) in [6.07, 6.45) is 0. The lowest BCUT2D eigenvalue weighted by Crippen LogP contribution is -2.22. The number of esters is 1. The van der Waals surface area contributed by atoms with Gasteiger partial charge in [-0.2, -0.15) is 0 Å². The van der Waals surface area contributed by atoms with Crippen LogP contribution in [0, 0.1) is 10.5 Å². The fraction of sp³-hybridized carbons (Fsp3) is 0.0870. The van der Waals surface area contributed by atoms with E-state index in [4.69, 9.17) is 4.74 Å². The van der Waals surface area contributed by atoms with E-state index in [1.807, 2.05) is 25.1 Å². The van der Waals surface area contributed by atoms with Crippen LogP contribution in [0.2, 0.25) is 0 Å². The highest BCUT2D eigenvalue weighted by atomic mass is 127. The third-order valence-electron chi connectivity index (χ3n) is 4.22. The van der Waals surface area contributed by atoms with Crippen LogP contribution >= 0.6 is 22.6 Å². The van der Waals surface area contributed by atoms with E-state index in [0.717, 1.165) is 9.13 Å². The smallest absolute Gasteiger partial charge is 0.339 e. The van der Waals surface area contributed by atoms with Crippen LogP contribution in [0.25, 0.3) is 0 Å². The molecule has 0 atom stereocenters. The van der Waals surface area contributed by atoms with Crippen molar-refractivity contribution in [2.75, 3.05) is 11.9 Å². The van der Waals surface area contributed by atoms with Crippen LogP contribution in [0.5, 0.6) is 0 Å². The molecule has 3 aromatic carbocycles. The molecule has 1 amide bonds. The van der Waals surface area contributed by atoms with Gasteiger partial charge in [0.15, 0.2) is 12.4 Å². The summed E-state index contributed by atoms with van der Waals surface area (Å²) in [5.41, 5.74) is 2.40. The number of nitrogens with one attached hydrogen (secondary N) is 1. The first-order valence-electron chi connectivity index (χ1n) is 8.87. The van der Waals surface area contributed by atoms with Gasteiger partial charge in [-0.25, -0.2) is 4.79 Å². The average molecular weight is 499 g/mol. The Morgan fingerprint density at radius 2 is 1.55 bits per heavy atom. The number of benzene rings is 3. The summed E-state index contributed by atoms with van der Waals surface area (Å²) in [6, 6.07) is 20.7. The number of ketones is 1. The molecule has 0 spiro atoms. The number of aryl methyl sites for hydroxylation is 1. The molecule has 0 aliphatic heterocycles. The topological polar surface area (TPSA) is 72.5 Å². The zero-order valence-electron chi connectivity index (χ0n) is 15.6. The number of rotatable bonds is 6. The molecule has 0 bridgehead atoms. The number of carbonyl (C=O) groups is 3. The second-order valence-electron chi connectivity index (χ2n) is 6.32. The maximum absolute atomic E-state index is 12.7. The Kier molecular flexibility index (Phi) is 6.77. The molecule has 0 aromatic heterocycles. The Hall–Kier alpha value is -3.00. The largest absolute Gasteiger partial charge is 0.452 e. The predicted octanol–water partition coefficient (Wildman–Crippen LogP) is 4.63. The van der Waals surface area contributed by atoms with E-state index in [2.05, 4.69) is 27.9 Å². The minimum absolute atomic E-state index is 0.125. The van der Waals surface area contributed by atoms with E-state index in [0.29, 0.717) is 11.3 Å². The van der Waals surface area contributed by atoms with Gasteiger partial charge in [-0.05, 0) is 59.3 Å². The van der Waals surface area contributed by atoms with Gasteiger partial charge in [0, 0.05) is 20.4 Å². The molecule has 29 heavy (non-hydrogen) atoms. The zero-order valence-corrected chi connectivity index (χ0v) is 17.8. The van der Waals surface area contributed by atoms with Crippen molar-refractivity contribution < 1.29 is 19.1 Å². The van der Waals surface area contributed by atoms with Crippen LogP contribution in [0.1, 0.15) is 31.8 Å². The summed E-state index contributed by atoms with van der Waals surface area (Å²) in [4.78, 5) is 37.4. The van der Waals surface area contributed by atoms with Gasteiger partial charge in [-0.1, -0.05) is 48.5 Å². The van der Waals surface area contributed by atoms with Gasteiger partial charge >= 0.3 is 5.97 Å². The molecule has 5 nitrogen and oxygen atoms in total. The normalized spacial score (nSPS) is 10.3. The van der Waals surface area contributed by atoms with Crippen LogP contribution in [-0.2, 0) is 9.53 Å². The highest BCUT2D eigenvalue weighted by Crippen LogP contribution is 2.18. The summed E-state index contributed by atoms with van der Waals surface area (Å²) in [5, 5.41) is 2.72. The van der Waals surface area contributed by atoms with E-state index in [1.165, 1.54) is 6.07 Å². The second-order valence-corrected chi connectivity index (χ2v) is 7.57. The summed E-state index contributed by atoms with van der Waals surface area (Å²) in [7, 11) is 0. The van der Waals surface area contributed by atoms with Gasteiger partial charge in [-0.3, -0.25) is 9.59 Å². The summed E-state index contributed by atoms with van der Waals surface area (Å²) >= 11 is 2.19. The molecule has 1 N–H and O–H groups in total. The lowest BCUT2D eigenvalue weighted by molar-refractivity contribution is -0.119. The Labute approximate surface area is 182 Å². The standard InChI is InChI=1S/C23H18INO4/c1-15-13-17(24)11-12-20(15)25-21(26)14-29-23(28)19-10-6-5-9-18(19)22(27)16-7-3-2-4-8-16/h2-13H,14H2,1H3,(H,25,26). The van der Waals surface area contributed by atoms with Gasteiger partial charge in [-0.15, -0.1) is 0 Å².